The molecule has 7 heteroatoms. The van der Waals surface area contributed by atoms with E-state index in [9.17, 15) is 4.79 Å². The zero-order valence-corrected chi connectivity index (χ0v) is 11.9. The SMILES string of the molecule is C[C@H](NC(=O)NCc1nnc2n1CCC2)c1ccccn1. The van der Waals surface area contributed by atoms with Crippen molar-refractivity contribution in [2.75, 3.05) is 0 Å². The minimum Gasteiger partial charge on any atom is -0.331 e. The van der Waals surface area contributed by atoms with E-state index in [0.717, 1.165) is 36.7 Å². The van der Waals surface area contributed by atoms with Crippen LogP contribution in [-0.4, -0.2) is 25.8 Å². The zero-order valence-electron chi connectivity index (χ0n) is 11.9. The van der Waals surface area contributed by atoms with Crippen molar-refractivity contribution in [3.8, 4) is 0 Å². The molecule has 7 nitrogen and oxygen atoms in total. The van der Waals surface area contributed by atoms with Gasteiger partial charge in [-0.15, -0.1) is 10.2 Å². The van der Waals surface area contributed by atoms with Crippen LogP contribution in [0.15, 0.2) is 24.4 Å². The number of pyridine rings is 1. The second kappa shape index (κ2) is 5.90. The number of nitrogens with one attached hydrogen (secondary N) is 2. The fraction of sp³-hybridized carbons (Fsp3) is 0.429. The molecule has 2 amide bonds. The molecule has 0 bridgehead atoms. The molecule has 2 N–H and O–H groups in total. The number of hydrogen-bond acceptors (Lipinski definition) is 4. The normalized spacial score (nSPS) is 14.5. The van der Waals surface area contributed by atoms with Crippen molar-refractivity contribution < 1.29 is 4.79 Å². The number of carbonyl (C=O) groups is 1. The summed E-state index contributed by atoms with van der Waals surface area (Å²) in [6.07, 6.45) is 3.78. The Bertz CT molecular complexity index is 624. The Morgan fingerprint density at radius 3 is 3.14 bits per heavy atom. The van der Waals surface area contributed by atoms with Crippen LogP contribution in [0.3, 0.4) is 0 Å². The van der Waals surface area contributed by atoms with Gasteiger partial charge in [-0.1, -0.05) is 6.07 Å². The Morgan fingerprint density at radius 1 is 1.43 bits per heavy atom. The number of fused-ring (bicyclic) bond motifs is 1. The van der Waals surface area contributed by atoms with E-state index in [4.69, 9.17) is 0 Å². The Balaban J connectivity index is 1.52. The summed E-state index contributed by atoms with van der Waals surface area (Å²) in [6.45, 7) is 3.22. The molecule has 0 aromatic carbocycles. The lowest BCUT2D eigenvalue weighted by Gasteiger charge is -2.14. The van der Waals surface area contributed by atoms with Crippen LogP contribution in [0, 0.1) is 0 Å². The lowest BCUT2D eigenvalue weighted by Crippen LogP contribution is -2.37. The first-order valence-corrected chi connectivity index (χ1v) is 7.10. The molecule has 0 aliphatic carbocycles. The van der Waals surface area contributed by atoms with Crippen molar-refractivity contribution in [1.29, 1.82) is 0 Å². The molecule has 1 atom stereocenters. The number of urea groups is 1. The minimum atomic E-state index is -0.233. The van der Waals surface area contributed by atoms with E-state index in [0.29, 0.717) is 6.54 Å². The number of aryl methyl sites for hydroxylation is 1. The number of carbonyl (C=O) groups excluding carboxylic acids is 1. The van der Waals surface area contributed by atoms with E-state index in [1.807, 2.05) is 25.1 Å². The third-order valence-corrected chi connectivity index (χ3v) is 3.57. The molecule has 0 radical (unpaired) electrons. The highest BCUT2D eigenvalue weighted by atomic mass is 16.2. The van der Waals surface area contributed by atoms with Crippen LogP contribution in [0.1, 0.15) is 36.7 Å². The molecule has 21 heavy (non-hydrogen) atoms. The smallest absolute Gasteiger partial charge is 0.315 e. The van der Waals surface area contributed by atoms with E-state index in [-0.39, 0.29) is 12.1 Å². The van der Waals surface area contributed by atoms with Crippen LogP contribution in [-0.2, 0) is 19.5 Å². The van der Waals surface area contributed by atoms with Crippen molar-refractivity contribution in [1.82, 2.24) is 30.4 Å². The largest absolute Gasteiger partial charge is 0.331 e. The van der Waals surface area contributed by atoms with E-state index in [1.165, 1.54) is 0 Å². The monoisotopic (exact) mass is 286 g/mol. The van der Waals surface area contributed by atoms with Gasteiger partial charge in [0.1, 0.15) is 5.82 Å². The van der Waals surface area contributed by atoms with Crippen molar-refractivity contribution in [3.05, 3.63) is 41.7 Å². The molecule has 0 fully saturated rings. The fourth-order valence-electron chi connectivity index (χ4n) is 2.45. The molecule has 0 saturated heterocycles. The molecule has 1 aliphatic rings. The van der Waals surface area contributed by atoms with Crippen LogP contribution < -0.4 is 10.6 Å². The molecule has 2 aromatic heterocycles. The standard InChI is InChI=1S/C14H18N6O/c1-10(11-5-2-3-7-15-11)17-14(21)16-9-13-19-18-12-6-4-8-20(12)13/h2-3,5,7,10H,4,6,8-9H2,1H3,(H2,16,17,21)/t10-/m0/s1. The van der Waals surface area contributed by atoms with Crippen LogP contribution in [0.25, 0.3) is 0 Å². The van der Waals surface area contributed by atoms with E-state index < -0.39 is 0 Å². The Morgan fingerprint density at radius 2 is 2.33 bits per heavy atom. The molecular weight excluding hydrogens is 268 g/mol. The molecule has 1 aliphatic heterocycles. The van der Waals surface area contributed by atoms with Gasteiger partial charge in [0, 0.05) is 19.2 Å². The number of rotatable bonds is 4. The predicted molar refractivity (Wildman–Crippen MR) is 76.4 cm³/mol. The van der Waals surface area contributed by atoms with Crippen LogP contribution in [0.4, 0.5) is 4.79 Å². The zero-order chi connectivity index (χ0) is 14.7. The van der Waals surface area contributed by atoms with Gasteiger partial charge in [-0.05, 0) is 25.5 Å². The highest BCUT2D eigenvalue weighted by Crippen LogP contribution is 2.13. The minimum absolute atomic E-state index is 0.143. The van der Waals surface area contributed by atoms with Crippen LogP contribution in [0.5, 0.6) is 0 Å². The maximum absolute atomic E-state index is 11.9. The number of hydrogen-bond donors (Lipinski definition) is 2. The molecule has 2 aromatic rings. The number of nitrogens with zero attached hydrogens (tertiary/aromatic N) is 4. The van der Waals surface area contributed by atoms with E-state index in [1.54, 1.807) is 6.20 Å². The molecule has 0 saturated carbocycles. The highest BCUT2D eigenvalue weighted by Gasteiger charge is 2.17. The van der Waals surface area contributed by atoms with Gasteiger partial charge in [-0.3, -0.25) is 4.98 Å². The molecule has 3 rings (SSSR count). The molecule has 110 valence electrons. The predicted octanol–water partition coefficient (Wildman–Crippen LogP) is 1.18. The first kappa shape index (κ1) is 13.5. The van der Waals surface area contributed by atoms with Crippen LogP contribution >= 0.6 is 0 Å². The maximum atomic E-state index is 11.9. The van der Waals surface area contributed by atoms with Gasteiger partial charge in [-0.2, -0.15) is 0 Å². The topological polar surface area (TPSA) is 84.7 Å². The summed E-state index contributed by atoms with van der Waals surface area (Å²) in [7, 11) is 0. The van der Waals surface area contributed by atoms with E-state index in [2.05, 4.69) is 30.4 Å². The fourth-order valence-corrected chi connectivity index (χ4v) is 2.45. The summed E-state index contributed by atoms with van der Waals surface area (Å²) in [6, 6.07) is 5.26. The van der Waals surface area contributed by atoms with Crippen molar-refractivity contribution >= 4 is 6.03 Å². The Kier molecular flexibility index (Phi) is 3.81. The third kappa shape index (κ3) is 3.01. The summed E-state index contributed by atoms with van der Waals surface area (Å²) < 4.78 is 2.07. The van der Waals surface area contributed by atoms with Gasteiger partial charge in [0.15, 0.2) is 5.82 Å². The van der Waals surface area contributed by atoms with Crippen molar-refractivity contribution in [3.63, 3.8) is 0 Å². The Hall–Kier alpha value is -2.44. The highest BCUT2D eigenvalue weighted by molar-refractivity contribution is 5.74. The van der Waals surface area contributed by atoms with Gasteiger partial charge in [0.2, 0.25) is 0 Å². The lowest BCUT2D eigenvalue weighted by atomic mass is 10.2. The average Bonchev–Trinajstić information content (AvgIpc) is 3.09. The van der Waals surface area contributed by atoms with Crippen molar-refractivity contribution in [2.45, 2.75) is 38.9 Å². The lowest BCUT2D eigenvalue weighted by molar-refractivity contribution is 0.237. The second-order valence-electron chi connectivity index (χ2n) is 5.09. The summed E-state index contributed by atoms with van der Waals surface area (Å²) in [5, 5.41) is 13.9. The second-order valence-corrected chi connectivity index (χ2v) is 5.09. The van der Waals surface area contributed by atoms with Gasteiger partial charge < -0.3 is 15.2 Å². The molecule has 0 spiro atoms. The van der Waals surface area contributed by atoms with Crippen molar-refractivity contribution in [2.24, 2.45) is 0 Å². The first-order chi connectivity index (χ1) is 10.2. The third-order valence-electron chi connectivity index (χ3n) is 3.57. The summed E-state index contributed by atoms with van der Waals surface area (Å²) >= 11 is 0. The summed E-state index contributed by atoms with van der Waals surface area (Å²) in [4.78, 5) is 16.1. The maximum Gasteiger partial charge on any atom is 0.315 e. The number of aromatic nitrogens is 4. The Labute approximate surface area is 122 Å². The van der Waals surface area contributed by atoms with Gasteiger partial charge in [0.25, 0.3) is 0 Å². The van der Waals surface area contributed by atoms with E-state index >= 15 is 0 Å². The van der Waals surface area contributed by atoms with Crippen LogP contribution in [0.2, 0.25) is 0 Å². The quantitative estimate of drug-likeness (QED) is 0.884. The first-order valence-electron chi connectivity index (χ1n) is 7.10. The molecule has 3 heterocycles. The summed E-state index contributed by atoms with van der Waals surface area (Å²) in [5.41, 5.74) is 0.830. The van der Waals surface area contributed by atoms with Gasteiger partial charge in [-0.25, -0.2) is 4.79 Å². The van der Waals surface area contributed by atoms with Gasteiger partial charge >= 0.3 is 6.03 Å². The number of amides is 2. The average molecular weight is 286 g/mol. The van der Waals surface area contributed by atoms with Gasteiger partial charge in [0.05, 0.1) is 18.3 Å². The molecular formula is C14H18N6O. The molecule has 0 unspecified atom stereocenters. The summed E-state index contributed by atoms with van der Waals surface area (Å²) in [5.74, 6) is 1.82.